The third-order valence-corrected chi connectivity index (χ3v) is 6.01. The predicted octanol–water partition coefficient (Wildman–Crippen LogP) is 5.16. The smallest absolute Gasteiger partial charge is 0.266 e. The summed E-state index contributed by atoms with van der Waals surface area (Å²) in [4.78, 5) is 30.0. The molecular weight excluding hydrogens is 488 g/mol. The van der Waals surface area contributed by atoms with Crippen molar-refractivity contribution in [1.82, 2.24) is 9.55 Å². The van der Waals surface area contributed by atoms with Gasteiger partial charge in [0.2, 0.25) is 5.91 Å². The summed E-state index contributed by atoms with van der Waals surface area (Å²) in [5.41, 5.74) is 0.365. The van der Waals surface area contributed by atoms with Gasteiger partial charge in [-0.05, 0) is 52.3 Å². The van der Waals surface area contributed by atoms with Crippen LogP contribution in [0.2, 0.25) is 0 Å². The van der Waals surface area contributed by atoms with E-state index in [1.807, 2.05) is 6.07 Å². The van der Waals surface area contributed by atoms with Crippen molar-refractivity contribution >= 4 is 50.2 Å². The molecule has 0 spiro atoms. The molecule has 0 aliphatic rings. The number of aromatic nitrogens is 2. The standard InChI is InChI=1S/C22H14BrF2N3O2S/c23-15-6-2-4-8-18(15)26-20(29)12-31-22-27-17-7-3-1-5-14(17)21(30)28(22)19-10-9-13(24)11-16(19)25/h1-11H,12H2,(H,26,29). The van der Waals surface area contributed by atoms with Crippen molar-refractivity contribution in [3.63, 3.8) is 0 Å². The van der Waals surface area contributed by atoms with E-state index in [1.54, 1.807) is 42.5 Å². The number of fused-ring (bicyclic) bond motifs is 1. The van der Waals surface area contributed by atoms with Gasteiger partial charge in [-0.1, -0.05) is 36.0 Å². The Bertz CT molecular complexity index is 1360. The Kier molecular flexibility index (Phi) is 6.15. The maximum absolute atomic E-state index is 14.5. The number of hydrogen-bond acceptors (Lipinski definition) is 4. The van der Waals surface area contributed by atoms with Crippen molar-refractivity contribution in [3.8, 4) is 5.69 Å². The van der Waals surface area contributed by atoms with Crippen LogP contribution in [0.1, 0.15) is 0 Å². The predicted molar refractivity (Wildman–Crippen MR) is 121 cm³/mol. The van der Waals surface area contributed by atoms with Crippen LogP contribution in [0.4, 0.5) is 14.5 Å². The molecule has 1 N–H and O–H groups in total. The number of carbonyl (C=O) groups excluding carboxylic acids is 1. The van der Waals surface area contributed by atoms with Crippen molar-refractivity contribution in [1.29, 1.82) is 0 Å². The fraction of sp³-hybridized carbons (Fsp3) is 0.0455. The molecular formula is C22H14BrF2N3O2S. The molecule has 0 fully saturated rings. The summed E-state index contributed by atoms with van der Waals surface area (Å²) in [6.45, 7) is 0. The molecule has 0 bridgehead atoms. The Morgan fingerprint density at radius 2 is 1.81 bits per heavy atom. The van der Waals surface area contributed by atoms with E-state index in [-0.39, 0.29) is 27.9 Å². The number of halogens is 3. The minimum Gasteiger partial charge on any atom is -0.324 e. The summed E-state index contributed by atoms with van der Waals surface area (Å²) in [5, 5.41) is 3.17. The van der Waals surface area contributed by atoms with Gasteiger partial charge in [0.05, 0.1) is 28.0 Å². The third-order valence-electron chi connectivity index (χ3n) is 4.38. The summed E-state index contributed by atoms with van der Waals surface area (Å²) in [5.74, 6) is -2.07. The molecule has 0 aliphatic heterocycles. The van der Waals surface area contributed by atoms with E-state index >= 15 is 0 Å². The molecule has 0 atom stereocenters. The van der Waals surface area contributed by atoms with Crippen LogP contribution in [0.25, 0.3) is 16.6 Å². The number of thioether (sulfide) groups is 1. The molecule has 4 rings (SSSR count). The third kappa shape index (κ3) is 4.52. The molecule has 9 heteroatoms. The zero-order valence-electron chi connectivity index (χ0n) is 15.8. The zero-order chi connectivity index (χ0) is 22.0. The van der Waals surface area contributed by atoms with E-state index in [4.69, 9.17) is 0 Å². The molecule has 0 saturated heterocycles. The molecule has 3 aromatic carbocycles. The SMILES string of the molecule is O=C(CSc1nc2ccccc2c(=O)n1-c1ccc(F)cc1F)Nc1ccccc1Br. The number of anilines is 1. The first-order chi connectivity index (χ1) is 14.9. The van der Waals surface area contributed by atoms with Crippen LogP contribution in [-0.4, -0.2) is 21.2 Å². The first-order valence-corrected chi connectivity index (χ1v) is 10.9. The monoisotopic (exact) mass is 501 g/mol. The highest BCUT2D eigenvalue weighted by Crippen LogP contribution is 2.25. The number of nitrogens with one attached hydrogen (secondary N) is 1. The van der Waals surface area contributed by atoms with E-state index in [9.17, 15) is 18.4 Å². The van der Waals surface area contributed by atoms with E-state index in [2.05, 4.69) is 26.2 Å². The second-order valence-corrected chi connectivity index (χ2v) is 8.26. The second-order valence-electron chi connectivity index (χ2n) is 6.46. The summed E-state index contributed by atoms with van der Waals surface area (Å²) in [6, 6.07) is 16.7. The quantitative estimate of drug-likeness (QED) is 0.303. The Morgan fingerprint density at radius 1 is 1.06 bits per heavy atom. The molecule has 0 radical (unpaired) electrons. The Labute approximate surface area is 188 Å². The summed E-state index contributed by atoms with van der Waals surface area (Å²) >= 11 is 4.34. The molecule has 1 heterocycles. The van der Waals surface area contributed by atoms with Gasteiger partial charge in [0.15, 0.2) is 5.16 Å². The normalized spacial score (nSPS) is 10.9. The van der Waals surface area contributed by atoms with Gasteiger partial charge in [-0.25, -0.2) is 13.8 Å². The maximum atomic E-state index is 14.5. The molecule has 0 unspecified atom stereocenters. The van der Waals surface area contributed by atoms with Gasteiger partial charge in [0.1, 0.15) is 11.6 Å². The van der Waals surface area contributed by atoms with Crippen molar-refractivity contribution in [2.75, 3.05) is 11.1 Å². The Morgan fingerprint density at radius 3 is 2.58 bits per heavy atom. The lowest BCUT2D eigenvalue weighted by atomic mass is 10.2. The van der Waals surface area contributed by atoms with Crippen LogP contribution in [0, 0.1) is 11.6 Å². The minimum absolute atomic E-state index is 0.0745. The highest BCUT2D eigenvalue weighted by Gasteiger charge is 2.18. The maximum Gasteiger partial charge on any atom is 0.266 e. The number of rotatable bonds is 5. The van der Waals surface area contributed by atoms with Gasteiger partial charge < -0.3 is 5.32 Å². The van der Waals surface area contributed by atoms with Gasteiger partial charge in [-0.3, -0.25) is 14.2 Å². The summed E-state index contributed by atoms with van der Waals surface area (Å²) in [7, 11) is 0. The molecule has 0 aliphatic carbocycles. The highest BCUT2D eigenvalue weighted by molar-refractivity contribution is 9.10. The lowest BCUT2D eigenvalue weighted by Crippen LogP contribution is -2.23. The lowest BCUT2D eigenvalue weighted by molar-refractivity contribution is -0.113. The fourth-order valence-corrected chi connectivity index (χ4v) is 4.15. The summed E-state index contributed by atoms with van der Waals surface area (Å²) in [6.07, 6.45) is 0. The van der Waals surface area contributed by atoms with Gasteiger partial charge >= 0.3 is 0 Å². The molecule has 4 aromatic rings. The van der Waals surface area contributed by atoms with Gasteiger partial charge in [-0.2, -0.15) is 0 Å². The van der Waals surface area contributed by atoms with Crippen LogP contribution in [0.3, 0.4) is 0 Å². The van der Waals surface area contributed by atoms with Crippen LogP contribution in [-0.2, 0) is 4.79 Å². The van der Waals surface area contributed by atoms with Crippen LogP contribution >= 0.6 is 27.7 Å². The number of benzene rings is 3. The number of hydrogen-bond donors (Lipinski definition) is 1. The van der Waals surface area contributed by atoms with Crippen LogP contribution in [0.5, 0.6) is 0 Å². The topological polar surface area (TPSA) is 64.0 Å². The minimum atomic E-state index is -0.904. The summed E-state index contributed by atoms with van der Waals surface area (Å²) < 4.78 is 29.7. The highest BCUT2D eigenvalue weighted by atomic mass is 79.9. The molecule has 0 saturated carbocycles. The van der Waals surface area contributed by atoms with Crippen molar-refractivity contribution in [2.45, 2.75) is 5.16 Å². The number of para-hydroxylation sites is 2. The first kappa shape index (κ1) is 21.2. The average Bonchev–Trinajstić information content (AvgIpc) is 2.75. The second kappa shape index (κ2) is 8.99. The van der Waals surface area contributed by atoms with E-state index in [1.165, 1.54) is 6.07 Å². The zero-order valence-corrected chi connectivity index (χ0v) is 18.2. The van der Waals surface area contributed by atoms with E-state index in [0.29, 0.717) is 17.3 Å². The molecule has 5 nitrogen and oxygen atoms in total. The first-order valence-electron chi connectivity index (χ1n) is 9.08. The van der Waals surface area contributed by atoms with Gasteiger partial charge in [-0.15, -0.1) is 0 Å². The van der Waals surface area contributed by atoms with Gasteiger partial charge in [0.25, 0.3) is 5.56 Å². The molecule has 156 valence electrons. The lowest BCUT2D eigenvalue weighted by Gasteiger charge is -2.14. The van der Waals surface area contributed by atoms with Crippen molar-refractivity contribution < 1.29 is 13.6 Å². The van der Waals surface area contributed by atoms with Crippen LogP contribution in [0.15, 0.2) is 81.2 Å². The Hall–Kier alpha value is -3.04. The van der Waals surface area contributed by atoms with Crippen molar-refractivity contribution in [3.05, 3.63) is 93.2 Å². The van der Waals surface area contributed by atoms with E-state index < -0.39 is 17.2 Å². The largest absolute Gasteiger partial charge is 0.324 e. The average molecular weight is 502 g/mol. The molecule has 31 heavy (non-hydrogen) atoms. The van der Waals surface area contributed by atoms with Gasteiger partial charge in [0, 0.05) is 10.5 Å². The molecule has 1 aromatic heterocycles. The number of carbonyl (C=O) groups is 1. The van der Waals surface area contributed by atoms with Crippen molar-refractivity contribution in [2.24, 2.45) is 0 Å². The van der Waals surface area contributed by atoms with Crippen LogP contribution < -0.4 is 10.9 Å². The Balaban J connectivity index is 1.72. The number of amides is 1. The fourth-order valence-electron chi connectivity index (χ4n) is 2.96. The molecule has 1 amide bonds. The van der Waals surface area contributed by atoms with E-state index in [0.717, 1.165) is 26.9 Å². The number of nitrogens with zero attached hydrogens (tertiary/aromatic N) is 2.